The standard InChI is InChI=1S/C23H21N3O3/c1-24-13-20(28)25-11-10-19-21(22(25)23(24)29)17-4-2-3-5-18(17)26(19)12-15-6-8-16(14-27)9-7-15/h2-9,14,22H,10-13H2,1H3. The van der Waals surface area contributed by atoms with E-state index in [-0.39, 0.29) is 18.4 Å². The van der Waals surface area contributed by atoms with Crippen molar-refractivity contribution in [2.75, 3.05) is 20.1 Å². The Balaban J connectivity index is 1.67. The fourth-order valence-electron chi connectivity index (χ4n) is 4.64. The molecule has 5 rings (SSSR count). The highest BCUT2D eigenvalue weighted by atomic mass is 16.2. The van der Waals surface area contributed by atoms with Crippen LogP contribution in [-0.2, 0) is 22.6 Å². The normalized spacial score (nSPS) is 18.7. The number of para-hydroxylation sites is 1. The van der Waals surface area contributed by atoms with Gasteiger partial charge < -0.3 is 14.4 Å². The molecule has 1 atom stereocenters. The van der Waals surface area contributed by atoms with Crippen LogP contribution in [0.5, 0.6) is 0 Å². The van der Waals surface area contributed by atoms with Gasteiger partial charge in [-0.1, -0.05) is 42.5 Å². The summed E-state index contributed by atoms with van der Waals surface area (Å²) in [4.78, 5) is 39.8. The second-order valence-electron chi connectivity index (χ2n) is 7.76. The van der Waals surface area contributed by atoms with Gasteiger partial charge in [0.05, 0.1) is 6.54 Å². The topological polar surface area (TPSA) is 62.6 Å². The molecule has 2 aliphatic heterocycles. The lowest BCUT2D eigenvalue weighted by Crippen LogP contribution is -2.56. The third-order valence-electron chi connectivity index (χ3n) is 6.06. The minimum Gasteiger partial charge on any atom is -0.340 e. The highest BCUT2D eigenvalue weighted by Gasteiger charge is 2.44. The van der Waals surface area contributed by atoms with Crippen molar-refractivity contribution in [2.24, 2.45) is 0 Å². The van der Waals surface area contributed by atoms with Gasteiger partial charge >= 0.3 is 0 Å². The monoisotopic (exact) mass is 387 g/mol. The number of hydrogen-bond donors (Lipinski definition) is 0. The molecular formula is C23H21N3O3. The minimum atomic E-state index is -0.548. The van der Waals surface area contributed by atoms with Crippen molar-refractivity contribution in [1.82, 2.24) is 14.4 Å². The average Bonchev–Trinajstić information content (AvgIpc) is 3.06. The summed E-state index contributed by atoms with van der Waals surface area (Å²) in [7, 11) is 1.69. The maximum absolute atomic E-state index is 13.0. The van der Waals surface area contributed by atoms with Crippen molar-refractivity contribution in [3.63, 3.8) is 0 Å². The van der Waals surface area contributed by atoms with Crippen LogP contribution in [-0.4, -0.2) is 52.6 Å². The third kappa shape index (κ3) is 2.67. The van der Waals surface area contributed by atoms with Crippen molar-refractivity contribution in [3.05, 3.63) is 70.9 Å². The number of amides is 2. The molecule has 29 heavy (non-hydrogen) atoms. The van der Waals surface area contributed by atoms with Crippen LogP contribution >= 0.6 is 0 Å². The number of likely N-dealkylation sites (N-methyl/N-ethyl adjacent to an activating group) is 1. The van der Waals surface area contributed by atoms with Gasteiger partial charge in [0.15, 0.2) is 0 Å². The molecule has 2 aliphatic rings. The van der Waals surface area contributed by atoms with Gasteiger partial charge in [-0.15, -0.1) is 0 Å². The van der Waals surface area contributed by atoms with E-state index in [9.17, 15) is 14.4 Å². The van der Waals surface area contributed by atoms with Crippen molar-refractivity contribution in [1.29, 1.82) is 0 Å². The van der Waals surface area contributed by atoms with Gasteiger partial charge in [-0.25, -0.2) is 0 Å². The molecule has 1 saturated heterocycles. The van der Waals surface area contributed by atoms with E-state index in [0.717, 1.165) is 40.4 Å². The summed E-state index contributed by atoms with van der Waals surface area (Å²) >= 11 is 0. The Hall–Kier alpha value is -3.41. The van der Waals surface area contributed by atoms with E-state index < -0.39 is 6.04 Å². The quantitative estimate of drug-likeness (QED) is 0.649. The summed E-state index contributed by atoms with van der Waals surface area (Å²) in [6.07, 6.45) is 1.56. The van der Waals surface area contributed by atoms with E-state index in [0.29, 0.717) is 18.7 Å². The van der Waals surface area contributed by atoms with Crippen LogP contribution < -0.4 is 0 Å². The lowest BCUT2D eigenvalue weighted by Gasteiger charge is -2.42. The SMILES string of the molecule is CN1CC(=O)N2CCc3c(c4ccccc4n3Cc3ccc(C=O)cc3)C2C1=O. The number of fused-ring (bicyclic) bond motifs is 5. The van der Waals surface area contributed by atoms with Crippen LogP contribution in [0.15, 0.2) is 48.5 Å². The molecule has 0 N–H and O–H groups in total. The van der Waals surface area contributed by atoms with E-state index in [2.05, 4.69) is 10.6 Å². The summed E-state index contributed by atoms with van der Waals surface area (Å²) in [5.74, 6) is -0.0205. The zero-order chi connectivity index (χ0) is 20.1. The Morgan fingerprint density at radius 3 is 2.59 bits per heavy atom. The van der Waals surface area contributed by atoms with E-state index in [1.165, 1.54) is 4.90 Å². The van der Waals surface area contributed by atoms with Crippen LogP contribution in [0.3, 0.4) is 0 Å². The van der Waals surface area contributed by atoms with E-state index >= 15 is 0 Å². The maximum atomic E-state index is 13.0. The second kappa shape index (κ2) is 6.58. The van der Waals surface area contributed by atoms with E-state index in [4.69, 9.17) is 0 Å². The van der Waals surface area contributed by atoms with E-state index in [1.54, 1.807) is 11.9 Å². The Labute approximate surface area is 168 Å². The molecule has 1 aromatic heterocycles. The highest BCUT2D eigenvalue weighted by molar-refractivity contribution is 6.00. The molecule has 6 nitrogen and oxygen atoms in total. The lowest BCUT2D eigenvalue weighted by molar-refractivity contribution is -0.155. The van der Waals surface area contributed by atoms with Crippen molar-refractivity contribution >= 4 is 29.0 Å². The van der Waals surface area contributed by atoms with Crippen LogP contribution in [0.4, 0.5) is 0 Å². The smallest absolute Gasteiger partial charge is 0.250 e. The van der Waals surface area contributed by atoms with Gasteiger partial charge in [0.25, 0.3) is 0 Å². The van der Waals surface area contributed by atoms with Crippen molar-refractivity contribution < 1.29 is 14.4 Å². The van der Waals surface area contributed by atoms with Crippen LogP contribution in [0.2, 0.25) is 0 Å². The number of rotatable bonds is 3. The van der Waals surface area contributed by atoms with Gasteiger partial charge in [0.2, 0.25) is 11.8 Å². The number of carbonyl (C=O) groups is 3. The predicted molar refractivity (Wildman–Crippen MR) is 109 cm³/mol. The van der Waals surface area contributed by atoms with Gasteiger partial charge in [-0.3, -0.25) is 14.4 Å². The zero-order valence-electron chi connectivity index (χ0n) is 16.2. The molecule has 2 aromatic carbocycles. The fraction of sp³-hybridized carbons (Fsp3) is 0.261. The largest absolute Gasteiger partial charge is 0.340 e. The summed E-state index contributed by atoms with van der Waals surface area (Å²) in [5, 5.41) is 1.03. The van der Waals surface area contributed by atoms with E-state index in [1.807, 2.05) is 42.5 Å². The van der Waals surface area contributed by atoms with Gasteiger partial charge in [-0.2, -0.15) is 0 Å². The third-order valence-corrected chi connectivity index (χ3v) is 6.06. The molecule has 0 bridgehead atoms. The number of aromatic nitrogens is 1. The minimum absolute atomic E-state index is 0.00373. The summed E-state index contributed by atoms with van der Waals surface area (Å²) in [6.45, 7) is 1.35. The summed E-state index contributed by atoms with van der Waals surface area (Å²) in [6, 6.07) is 15.1. The number of aldehydes is 1. The first-order chi connectivity index (χ1) is 14.1. The zero-order valence-corrected chi connectivity index (χ0v) is 16.2. The average molecular weight is 387 g/mol. The highest BCUT2D eigenvalue weighted by Crippen LogP contribution is 2.40. The Morgan fingerprint density at radius 1 is 1.07 bits per heavy atom. The molecule has 6 heteroatoms. The Morgan fingerprint density at radius 2 is 1.83 bits per heavy atom. The molecule has 2 amide bonds. The second-order valence-corrected chi connectivity index (χ2v) is 7.76. The van der Waals surface area contributed by atoms with Crippen molar-refractivity contribution in [2.45, 2.75) is 19.0 Å². The molecular weight excluding hydrogens is 366 g/mol. The van der Waals surface area contributed by atoms with Gasteiger partial charge in [-0.05, 0) is 11.6 Å². The fourth-order valence-corrected chi connectivity index (χ4v) is 4.64. The molecule has 0 aliphatic carbocycles. The summed E-state index contributed by atoms with van der Waals surface area (Å²) < 4.78 is 2.25. The molecule has 1 unspecified atom stereocenters. The predicted octanol–water partition coefficient (Wildman–Crippen LogP) is 2.40. The number of benzene rings is 2. The van der Waals surface area contributed by atoms with Gasteiger partial charge in [0.1, 0.15) is 12.3 Å². The first-order valence-corrected chi connectivity index (χ1v) is 9.77. The molecule has 3 aromatic rings. The lowest BCUT2D eigenvalue weighted by atomic mass is 9.93. The Kier molecular flexibility index (Phi) is 4.01. The molecule has 0 radical (unpaired) electrons. The number of piperazine rings is 1. The molecule has 1 fully saturated rings. The number of hydrogen-bond acceptors (Lipinski definition) is 3. The number of nitrogens with zero attached hydrogens (tertiary/aromatic N) is 3. The Bertz CT molecular complexity index is 1150. The maximum Gasteiger partial charge on any atom is 0.250 e. The van der Waals surface area contributed by atoms with Crippen LogP contribution in [0.25, 0.3) is 10.9 Å². The first kappa shape index (κ1) is 17.7. The first-order valence-electron chi connectivity index (χ1n) is 9.77. The summed E-state index contributed by atoms with van der Waals surface area (Å²) in [5.41, 5.74) is 4.87. The van der Waals surface area contributed by atoms with Gasteiger partial charge in [0, 0.05) is 54.3 Å². The van der Waals surface area contributed by atoms with Crippen molar-refractivity contribution in [3.8, 4) is 0 Å². The molecule has 146 valence electrons. The van der Waals surface area contributed by atoms with Crippen LogP contribution in [0.1, 0.15) is 33.2 Å². The van der Waals surface area contributed by atoms with Crippen LogP contribution in [0, 0.1) is 0 Å². The molecule has 0 saturated carbocycles. The number of carbonyl (C=O) groups excluding carboxylic acids is 3. The molecule has 0 spiro atoms. The molecule has 3 heterocycles.